The first-order chi connectivity index (χ1) is 10.1. The molecular weight excluding hydrogens is 270 g/mol. The van der Waals surface area contributed by atoms with Gasteiger partial charge in [0.25, 0.3) is 5.69 Å². The molecule has 2 rings (SSSR count). The van der Waals surface area contributed by atoms with Gasteiger partial charge in [-0.1, -0.05) is 29.8 Å². The van der Waals surface area contributed by atoms with E-state index in [0.29, 0.717) is 11.5 Å². The summed E-state index contributed by atoms with van der Waals surface area (Å²) < 4.78 is 0. The fraction of sp³-hybridized carbons (Fsp3) is 0.133. The Balaban J connectivity index is 2.32. The molecule has 6 heteroatoms. The van der Waals surface area contributed by atoms with Crippen molar-refractivity contribution in [3.8, 4) is 0 Å². The number of amidine groups is 1. The minimum absolute atomic E-state index is 0.0329. The molecule has 0 bridgehead atoms. The van der Waals surface area contributed by atoms with Crippen LogP contribution in [0.1, 0.15) is 11.1 Å². The molecule has 0 aliphatic rings. The van der Waals surface area contributed by atoms with Crippen LogP contribution in [0.4, 0.5) is 11.4 Å². The number of nitro groups is 1. The Morgan fingerprint density at radius 1 is 1.14 bits per heavy atom. The van der Waals surface area contributed by atoms with Crippen LogP contribution < -0.4 is 5.48 Å². The topological polar surface area (TPSA) is 76.8 Å². The van der Waals surface area contributed by atoms with Crippen molar-refractivity contribution >= 4 is 17.2 Å². The van der Waals surface area contributed by atoms with E-state index in [1.807, 2.05) is 31.2 Å². The van der Waals surface area contributed by atoms with Crippen molar-refractivity contribution in [3.05, 3.63) is 69.8 Å². The second-order valence-electron chi connectivity index (χ2n) is 4.41. The van der Waals surface area contributed by atoms with Gasteiger partial charge in [-0.2, -0.15) is 0 Å². The number of nitrogens with zero attached hydrogens (tertiary/aromatic N) is 2. The molecule has 0 unspecified atom stereocenters. The van der Waals surface area contributed by atoms with Crippen molar-refractivity contribution in [1.29, 1.82) is 0 Å². The van der Waals surface area contributed by atoms with E-state index in [2.05, 4.69) is 10.5 Å². The number of hydrogen-bond acceptors (Lipinski definition) is 4. The standard InChI is InChI=1S/C15H15N3O3/c1-11-3-5-12(6-4-11)15(17-21-2)16-13-7-9-14(10-8-13)18(19)20/h3-10H,1-2H3,(H,16,17). The quantitative estimate of drug-likeness (QED) is 0.405. The number of benzene rings is 2. The van der Waals surface area contributed by atoms with Crippen LogP contribution in [0.15, 0.2) is 53.5 Å². The summed E-state index contributed by atoms with van der Waals surface area (Å²) >= 11 is 0. The van der Waals surface area contributed by atoms with Crippen molar-refractivity contribution in [2.24, 2.45) is 4.99 Å². The summed E-state index contributed by atoms with van der Waals surface area (Å²) in [5.41, 5.74) is 5.36. The van der Waals surface area contributed by atoms with Gasteiger partial charge in [-0.15, -0.1) is 0 Å². The van der Waals surface area contributed by atoms with Crippen molar-refractivity contribution in [3.63, 3.8) is 0 Å². The van der Waals surface area contributed by atoms with Crippen molar-refractivity contribution in [2.75, 3.05) is 7.11 Å². The van der Waals surface area contributed by atoms with E-state index >= 15 is 0 Å². The lowest BCUT2D eigenvalue weighted by Crippen LogP contribution is -2.22. The van der Waals surface area contributed by atoms with Crippen molar-refractivity contribution < 1.29 is 9.76 Å². The maximum absolute atomic E-state index is 10.6. The Morgan fingerprint density at radius 2 is 1.76 bits per heavy atom. The van der Waals surface area contributed by atoms with Gasteiger partial charge in [0, 0.05) is 17.7 Å². The lowest BCUT2D eigenvalue weighted by atomic mass is 10.1. The van der Waals surface area contributed by atoms with Gasteiger partial charge in [-0.3, -0.25) is 15.0 Å². The molecule has 21 heavy (non-hydrogen) atoms. The first-order valence-corrected chi connectivity index (χ1v) is 6.29. The third-order valence-electron chi connectivity index (χ3n) is 2.83. The zero-order valence-corrected chi connectivity index (χ0v) is 11.7. The SMILES string of the molecule is CONC(=Nc1ccc([N+](=O)[O-])cc1)c1ccc(C)cc1. The third-order valence-corrected chi connectivity index (χ3v) is 2.83. The molecule has 0 radical (unpaired) electrons. The summed E-state index contributed by atoms with van der Waals surface area (Å²) in [6.07, 6.45) is 0. The molecule has 0 amide bonds. The number of aryl methyl sites for hydroxylation is 1. The number of hydrogen-bond donors (Lipinski definition) is 1. The van der Waals surface area contributed by atoms with Gasteiger partial charge in [0.2, 0.25) is 0 Å². The molecule has 0 atom stereocenters. The molecule has 0 heterocycles. The van der Waals surface area contributed by atoms with Crippen molar-refractivity contribution in [2.45, 2.75) is 6.92 Å². The molecule has 0 aromatic heterocycles. The van der Waals surface area contributed by atoms with Gasteiger partial charge in [0.15, 0.2) is 5.84 Å². The molecule has 0 saturated carbocycles. The molecule has 6 nitrogen and oxygen atoms in total. The number of non-ortho nitro benzene ring substituents is 1. The number of aliphatic imine (C=N–C) groups is 1. The van der Waals surface area contributed by atoms with Gasteiger partial charge in [-0.25, -0.2) is 10.5 Å². The van der Waals surface area contributed by atoms with Crippen LogP contribution in [-0.4, -0.2) is 17.9 Å². The fourth-order valence-electron chi connectivity index (χ4n) is 1.73. The Hall–Kier alpha value is -2.73. The minimum atomic E-state index is -0.443. The third kappa shape index (κ3) is 3.87. The molecule has 0 aliphatic heterocycles. The second kappa shape index (κ2) is 6.62. The molecular formula is C15H15N3O3. The average Bonchev–Trinajstić information content (AvgIpc) is 2.48. The first-order valence-electron chi connectivity index (χ1n) is 6.29. The Morgan fingerprint density at radius 3 is 2.29 bits per heavy atom. The molecule has 2 aromatic carbocycles. The molecule has 0 spiro atoms. The smallest absolute Gasteiger partial charge is 0.269 e. The van der Waals surface area contributed by atoms with Crippen LogP contribution in [-0.2, 0) is 4.84 Å². The normalized spacial score (nSPS) is 11.2. The van der Waals surface area contributed by atoms with E-state index in [1.165, 1.54) is 19.2 Å². The lowest BCUT2D eigenvalue weighted by molar-refractivity contribution is -0.384. The van der Waals surface area contributed by atoms with Gasteiger partial charge in [0.05, 0.1) is 17.7 Å². The average molecular weight is 285 g/mol. The monoisotopic (exact) mass is 285 g/mol. The van der Waals surface area contributed by atoms with E-state index in [1.54, 1.807) is 12.1 Å². The highest BCUT2D eigenvalue weighted by molar-refractivity contribution is 5.99. The lowest BCUT2D eigenvalue weighted by Gasteiger charge is -2.08. The van der Waals surface area contributed by atoms with Gasteiger partial charge in [-0.05, 0) is 19.1 Å². The fourth-order valence-corrected chi connectivity index (χ4v) is 1.73. The Kier molecular flexibility index (Phi) is 4.63. The van der Waals surface area contributed by atoms with E-state index in [4.69, 9.17) is 4.84 Å². The molecule has 0 saturated heterocycles. The van der Waals surface area contributed by atoms with E-state index in [9.17, 15) is 10.1 Å². The molecule has 1 N–H and O–H groups in total. The number of nitrogens with one attached hydrogen (secondary N) is 1. The Labute approximate surface area is 122 Å². The maximum Gasteiger partial charge on any atom is 0.269 e. The molecule has 108 valence electrons. The largest absolute Gasteiger partial charge is 0.278 e. The number of hydroxylamine groups is 1. The predicted molar refractivity (Wildman–Crippen MR) is 80.6 cm³/mol. The highest BCUT2D eigenvalue weighted by atomic mass is 16.6. The van der Waals surface area contributed by atoms with E-state index in [0.717, 1.165) is 11.1 Å². The van der Waals surface area contributed by atoms with Gasteiger partial charge < -0.3 is 0 Å². The van der Waals surface area contributed by atoms with E-state index in [-0.39, 0.29) is 5.69 Å². The summed E-state index contributed by atoms with van der Waals surface area (Å²) in [7, 11) is 1.50. The zero-order valence-electron chi connectivity index (χ0n) is 11.7. The van der Waals surface area contributed by atoms with Crippen LogP contribution in [0.2, 0.25) is 0 Å². The predicted octanol–water partition coefficient (Wildman–Crippen LogP) is 3.13. The first kappa shape index (κ1) is 14.7. The minimum Gasteiger partial charge on any atom is -0.278 e. The van der Waals surface area contributed by atoms with Crippen LogP contribution in [0, 0.1) is 17.0 Å². The highest BCUT2D eigenvalue weighted by Gasteiger charge is 2.06. The van der Waals surface area contributed by atoms with Crippen molar-refractivity contribution in [1.82, 2.24) is 5.48 Å². The Bertz CT molecular complexity index is 649. The number of nitro benzene ring substituents is 1. The van der Waals surface area contributed by atoms with E-state index < -0.39 is 4.92 Å². The molecule has 0 fully saturated rings. The second-order valence-corrected chi connectivity index (χ2v) is 4.41. The number of rotatable bonds is 4. The molecule has 0 aliphatic carbocycles. The summed E-state index contributed by atoms with van der Waals surface area (Å²) in [4.78, 5) is 19.5. The van der Waals surface area contributed by atoms with Gasteiger partial charge >= 0.3 is 0 Å². The zero-order chi connectivity index (χ0) is 15.2. The maximum atomic E-state index is 10.6. The summed E-state index contributed by atoms with van der Waals surface area (Å²) in [5, 5.41) is 10.6. The van der Waals surface area contributed by atoms with Crippen LogP contribution in [0.25, 0.3) is 0 Å². The van der Waals surface area contributed by atoms with Crippen LogP contribution in [0.5, 0.6) is 0 Å². The highest BCUT2D eigenvalue weighted by Crippen LogP contribution is 2.19. The van der Waals surface area contributed by atoms with Crippen LogP contribution in [0.3, 0.4) is 0 Å². The van der Waals surface area contributed by atoms with Crippen LogP contribution >= 0.6 is 0 Å². The summed E-state index contributed by atoms with van der Waals surface area (Å²) in [6.45, 7) is 2.00. The molecule has 2 aromatic rings. The van der Waals surface area contributed by atoms with Gasteiger partial charge in [0.1, 0.15) is 0 Å². The summed E-state index contributed by atoms with van der Waals surface area (Å²) in [6, 6.07) is 13.8. The summed E-state index contributed by atoms with van der Waals surface area (Å²) in [5.74, 6) is 0.534.